The molecule has 0 unspecified atom stereocenters. The highest BCUT2D eigenvalue weighted by molar-refractivity contribution is 6.35. The molecule has 88 heavy (non-hydrogen) atoms. The summed E-state index contributed by atoms with van der Waals surface area (Å²) in [6.45, 7) is 12.2. The number of hydrogen-bond acceptors (Lipinski definition) is 12. The quantitative estimate of drug-likeness (QED) is 0.0815. The number of fused-ring (bicyclic) bond motifs is 3. The molecular formula is C70H60N10O8. The Kier molecular flexibility index (Phi) is 15.4. The number of ether oxygens (including phenoxy) is 3. The number of para-hydroxylation sites is 3. The number of ketones is 2. The fourth-order valence-corrected chi connectivity index (χ4v) is 11.1. The van der Waals surface area contributed by atoms with E-state index in [0.29, 0.717) is 67.3 Å². The van der Waals surface area contributed by atoms with E-state index in [1.807, 2.05) is 137 Å². The van der Waals surface area contributed by atoms with Crippen molar-refractivity contribution in [2.24, 2.45) is 15.0 Å². The van der Waals surface area contributed by atoms with Crippen LogP contribution in [0.25, 0.3) is 52.0 Å². The highest BCUT2D eigenvalue weighted by atomic mass is 16.5. The van der Waals surface area contributed by atoms with Gasteiger partial charge in [0.1, 0.15) is 29.8 Å². The number of aldehydes is 1. The summed E-state index contributed by atoms with van der Waals surface area (Å²) in [4.78, 5) is 72.5. The van der Waals surface area contributed by atoms with Gasteiger partial charge in [-0.1, -0.05) is 59.8 Å². The highest BCUT2D eigenvalue weighted by Crippen LogP contribution is 2.23. The van der Waals surface area contributed by atoms with Crippen LogP contribution in [0.2, 0.25) is 0 Å². The van der Waals surface area contributed by atoms with Gasteiger partial charge in [-0.3, -0.25) is 14.4 Å². The summed E-state index contributed by atoms with van der Waals surface area (Å²) in [5, 5.41) is 13.1. The maximum Gasteiger partial charge on any atom is 0.217 e. The second-order valence-electron chi connectivity index (χ2n) is 21.3. The molecule has 0 amide bonds. The lowest BCUT2D eigenvalue weighted by Crippen LogP contribution is -2.25. The van der Waals surface area contributed by atoms with Gasteiger partial charge in [0, 0.05) is 74.1 Å². The zero-order valence-corrected chi connectivity index (χ0v) is 49.6. The Hall–Kier alpha value is -11.5. The maximum atomic E-state index is 13.3. The average molecular weight is 1170 g/mol. The summed E-state index contributed by atoms with van der Waals surface area (Å²) in [6.07, 6.45) is 11.2. The predicted molar refractivity (Wildman–Crippen MR) is 333 cm³/mol. The summed E-state index contributed by atoms with van der Waals surface area (Å²) in [6, 6.07) is 37.9. The van der Waals surface area contributed by atoms with Gasteiger partial charge in [-0.2, -0.15) is 0 Å². The van der Waals surface area contributed by atoms with Crippen molar-refractivity contribution in [2.45, 2.75) is 41.5 Å². The van der Waals surface area contributed by atoms with Crippen molar-refractivity contribution in [3.63, 3.8) is 0 Å². The fraction of sp³-hybridized carbons (Fsp3) is 0.129. The first kappa shape index (κ1) is 56.9. The number of benzene rings is 3. The Bertz CT molecular complexity index is 5190. The van der Waals surface area contributed by atoms with Crippen LogP contribution in [0.4, 0.5) is 0 Å². The smallest absolute Gasteiger partial charge is 0.217 e. The van der Waals surface area contributed by atoms with Crippen molar-refractivity contribution >= 4 is 69.9 Å². The number of hydrogen-bond donors (Lipinski definition) is 6. The summed E-state index contributed by atoms with van der Waals surface area (Å²) in [5.74, 6) is 1.67. The molecule has 0 fully saturated rings. The topological polar surface area (TPSA) is 250 Å². The van der Waals surface area contributed by atoms with Gasteiger partial charge >= 0.3 is 0 Å². The minimum absolute atomic E-state index is 0.132. The molecule has 0 bridgehead atoms. The van der Waals surface area contributed by atoms with E-state index >= 15 is 0 Å². The van der Waals surface area contributed by atoms with Crippen LogP contribution in [0.15, 0.2) is 164 Å². The molecule has 14 rings (SSSR count). The summed E-state index contributed by atoms with van der Waals surface area (Å²) >= 11 is 0. The van der Waals surface area contributed by atoms with Gasteiger partial charge in [-0.25, -0.2) is 15.0 Å². The molecule has 3 aliphatic heterocycles. The first-order valence-electron chi connectivity index (χ1n) is 28.2. The Labute approximate surface area is 501 Å². The zero-order chi connectivity index (χ0) is 61.3. The van der Waals surface area contributed by atoms with E-state index in [2.05, 4.69) is 72.1 Å². The standard InChI is InChI=1S/C25H21N3O3.C24H20N4O3.C21H19N3O2/c1-14-10-15(2)26-19(14)11-20-22(30-3)12-21(27-20)24-23(25(29)16-8-9-31-13-16)17-6-4-5-7-18(17)28-24;1-13-10-14(2)25-18(13)11-19-21(30-3)12-20(26-19)23-22(24(29)17-8-9-31-28-17)15-6-4-5-7-16(15)27-23;1-12-8-13(2)22-17(12)9-18-20(26-3)10-19(23-18)21-15(11-25)14-6-4-5-7-16(14)24-21/h4-13,26-27H,1-3H3;4-12,25-26H,1-3H3;4-11,22-23H,1-3H3/b20-11-,24-21?;19-11-,23-20?;18-9-,21-19?. The summed E-state index contributed by atoms with van der Waals surface area (Å²) in [5.41, 5.74) is 13.8. The molecule has 0 spiro atoms. The SMILES string of the molecule is COc1cc(=C2N=c3ccccc3=C2C(=O)c2ccoc2)[nH]/c1=C\c1[nH]c(C)cc1C.COc1cc(=C2N=c3ccccc3=C2C(=O)c2ccon2)[nH]/c1=C\c1[nH]c(C)cc1C.COc1cc(=C2N=c3ccccc3=C2C=O)[nH]/c1=C\c1[nH]c(C)cc1C. The number of methoxy groups -OCH3 is 3. The molecule has 11 heterocycles. The Morgan fingerprint density at radius 1 is 0.466 bits per heavy atom. The third-order valence-corrected chi connectivity index (χ3v) is 15.3. The lowest BCUT2D eigenvalue weighted by Gasteiger charge is -2.01. The van der Waals surface area contributed by atoms with E-state index < -0.39 is 0 Å². The van der Waals surface area contributed by atoms with Gasteiger partial charge in [-0.05, 0) is 119 Å². The average Bonchev–Trinajstić information content (AvgIpc) is 3.03. The van der Waals surface area contributed by atoms with Crippen LogP contribution >= 0.6 is 0 Å². The van der Waals surface area contributed by atoms with Crippen LogP contribution in [0, 0.1) is 41.5 Å². The van der Waals surface area contributed by atoms with Crippen molar-refractivity contribution in [1.29, 1.82) is 0 Å². The molecule has 18 heteroatoms. The molecule has 8 aromatic heterocycles. The molecule has 438 valence electrons. The lowest BCUT2D eigenvalue weighted by atomic mass is 10.0. The van der Waals surface area contributed by atoms with Crippen molar-refractivity contribution in [2.75, 3.05) is 21.3 Å². The van der Waals surface area contributed by atoms with E-state index in [4.69, 9.17) is 33.1 Å². The van der Waals surface area contributed by atoms with Crippen molar-refractivity contribution < 1.29 is 37.5 Å². The number of aryl methyl sites for hydroxylation is 6. The van der Waals surface area contributed by atoms with Crippen LogP contribution in [0.3, 0.4) is 0 Å². The molecule has 3 aliphatic rings. The van der Waals surface area contributed by atoms with Crippen LogP contribution in [-0.4, -0.2) is 74.2 Å². The number of H-pyrrole nitrogens is 6. The van der Waals surface area contributed by atoms with Crippen molar-refractivity contribution in [1.82, 2.24) is 35.1 Å². The number of Topliss-reactive ketones (excluding diaryl/α,β-unsaturated/α-hetero) is 2. The number of rotatable bonds is 11. The van der Waals surface area contributed by atoms with Crippen LogP contribution in [-0.2, 0) is 4.79 Å². The molecular weight excluding hydrogens is 1110 g/mol. The van der Waals surface area contributed by atoms with Crippen molar-refractivity contribution in [3.8, 4) is 17.2 Å². The van der Waals surface area contributed by atoms with E-state index in [1.54, 1.807) is 33.5 Å². The Morgan fingerprint density at radius 3 is 1.26 bits per heavy atom. The van der Waals surface area contributed by atoms with Crippen LogP contribution < -0.4 is 78.0 Å². The van der Waals surface area contributed by atoms with Gasteiger partial charge in [0.25, 0.3) is 0 Å². The molecule has 6 N–H and O–H groups in total. The molecule has 0 saturated heterocycles. The molecule has 3 aromatic carbocycles. The minimum Gasteiger partial charge on any atom is -0.494 e. The zero-order valence-electron chi connectivity index (χ0n) is 49.6. The van der Waals surface area contributed by atoms with E-state index in [9.17, 15) is 14.4 Å². The molecule has 0 saturated carbocycles. The third-order valence-electron chi connectivity index (χ3n) is 15.3. The summed E-state index contributed by atoms with van der Waals surface area (Å²) in [7, 11) is 4.88. The number of carbonyl (C=O) groups excluding carboxylic acids is 3. The fourth-order valence-electron chi connectivity index (χ4n) is 11.1. The van der Waals surface area contributed by atoms with Gasteiger partial charge < -0.3 is 53.1 Å². The largest absolute Gasteiger partial charge is 0.494 e. The Balaban J connectivity index is 0.000000129. The second-order valence-corrected chi connectivity index (χ2v) is 21.3. The number of nitrogens with zero attached hydrogens (tertiary/aromatic N) is 4. The number of furan rings is 1. The molecule has 0 aliphatic carbocycles. The number of carbonyl (C=O) groups is 3. The van der Waals surface area contributed by atoms with Gasteiger partial charge in [0.2, 0.25) is 5.78 Å². The van der Waals surface area contributed by atoms with E-state index in [1.165, 1.54) is 18.8 Å². The second kappa shape index (κ2) is 23.9. The summed E-state index contributed by atoms with van der Waals surface area (Å²) < 4.78 is 26.7. The monoisotopic (exact) mass is 1170 g/mol. The maximum absolute atomic E-state index is 13.3. The van der Waals surface area contributed by atoms with Gasteiger partial charge in [0.15, 0.2) is 17.8 Å². The number of aromatic nitrogens is 7. The molecule has 0 radical (unpaired) electrons. The normalized spacial score (nSPS) is 15.4. The highest BCUT2D eigenvalue weighted by Gasteiger charge is 2.26. The van der Waals surface area contributed by atoms with Gasteiger partial charge in [0.05, 0.1) is 115 Å². The van der Waals surface area contributed by atoms with E-state index in [-0.39, 0.29) is 17.3 Å². The lowest BCUT2D eigenvalue weighted by molar-refractivity contribution is -0.103. The molecule has 0 atom stereocenters. The number of aromatic amines is 6. The van der Waals surface area contributed by atoms with Crippen LogP contribution in [0.5, 0.6) is 17.2 Å². The Morgan fingerprint density at radius 2 is 0.875 bits per heavy atom. The van der Waals surface area contributed by atoms with Crippen LogP contribution in [0.1, 0.15) is 71.7 Å². The molecule has 11 aromatic rings. The predicted octanol–water partition coefficient (Wildman–Crippen LogP) is 3.71. The van der Waals surface area contributed by atoms with Gasteiger partial charge in [-0.15, -0.1) is 0 Å². The first-order chi connectivity index (χ1) is 42.7. The van der Waals surface area contributed by atoms with Crippen molar-refractivity contribution in [3.05, 3.63) is 266 Å². The van der Waals surface area contributed by atoms with E-state index in [0.717, 1.165) is 110 Å². The third kappa shape index (κ3) is 11.0. The first-order valence-corrected chi connectivity index (χ1v) is 28.2. The molecule has 18 nitrogen and oxygen atoms in total. The minimum atomic E-state index is -0.243. The number of nitrogens with one attached hydrogen (secondary N) is 6.